The number of aromatic nitrogens is 2. The molecule has 0 atom stereocenters. The highest BCUT2D eigenvalue weighted by molar-refractivity contribution is 5.85. The van der Waals surface area contributed by atoms with E-state index >= 15 is 0 Å². The van der Waals surface area contributed by atoms with Crippen molar-refractivity contribution in [2.24, 2.45) is 5.10 Å². The number of ether oxygens (including phenoxy) is 1. The second-order valence-corrected chi connectivity index (χ2v) is 6.69. The quantitative estimate of drug-likeness (QED) is 0.587. The molecule has 8 nitrogen and oxygen atoms in total. The van der Waals surface area contributed by atoms with Gasteiger partial charge in [0.25, 0.3) is 5.91 Å². The molecule has 1 saturated heterocycles. The molecule has 2 N–H and O–H groups in total. The third-order valence-corrected chi connectivity index (χ3v) is 4.39. The Morgan fingerprint density at radius 1 is 1.25 bits per heavy atom. The number of hydrogen-bond acceptors (Lipinski definition) is 7. The zero-order valence-electron chi connectivity index (χ0n) is 16.0. The number of carbonyl (C=O) groups excluding carboxylic acids is 1. The summed E-state index contributed by atoms with van der Waals surface area (Å²) in [5, 5.41) is 13.5. The van der Waals surface area contributed by atoms with Gasteiger partial charge in [-0.15, -0.1) is 0 Å². The number of rotatable bonds is 6. The Morgan fingerprint density at radius 3 is 2.75 bits per heavy atom. The van der Waals surface area contributed by atoms with Gasteiger partial charge >= 0.3 is 0 Å². The van der Waals surface area contributed by atoms with Crippen LogP contribution in [0.1, 0.15) is 36.9 Å². The van der Waals surface area contributed by atoms with Gasteiger partial charge in [0.15, 0.2) is 6.61 Å². The maximum absolute atomic E-state index is 11.9. The summed E-state index contributed by atoms with van der Waals surface area (Å²) in [4.78, 5) is 23.1. The summed E-state index contributed by atoms with van der Waals surface area (Å²) in [7, 11) is 0. The molecule has 1 aliphatic rings. The molecule has 1 aliphatic heterocycles. The zero-order valence-corrected chi connectivity index (χ0v) is 16.0. The lowest BCUT2D eigenvalue weighted by Gasteiger charge is -2.20. The number of hydrogen-bond donors (Lipinski definition) is 2. The minimum absolute atomic E-state index is 0.0919. The van der Waals surface area contributed by atoms with Crippen molar-refractivity contribution in [3.8, 4) is 11.6 Å². The van der Waals surface area contributed by atoms with Crippen molar-refractivity contribution >= 4 is 18.1 Å². The van der Waals surface area contributed by atoms with Crippen LogP contribution in [-0.2, 0) is 4.79 Å². The van der Waals surface area contributed by atoms with E-state index in [-0.39, 0.29) is 12.4 Å². The highest BCUT2D eigenvalue weighted by Gasteiger charge is 2.14. The lowest BCUT2D eigenvalue weighted by atomic mass is 10.2. The molecule has 28 heavy (non-hydrogen) atoms. The van der Waals surface area contributed by atoms with Crippen LogP contribution in [0.5, 0.6) is 11.6 Å². The number of nitrogens with one attached hydrogen (secondary N) is 1. The Morgan fingerprint density at radius 2 is 2.00 bits per heavy atom. The van der Waals surface area contributed by atoms with Gasteiger partial charge in [0.05, 0.1) is 6.21 Å². The molecule has 0 aliphatic carbocycles. The molecular weight excluding hydrogens is 358 g/mol. The second kappa shape index (κ2) is 9.68. The summed E-state index contributed by atoms with van der Waals surface area (Å²) in [5.74, 6) is 0.690. The van der Waals surface area contributed by atoms with Crippen LogP contribution in [0.2, 0.25) is 0 Å². The predicted molar refractivity (Wildman–Crippen MR) is 107 cm³/mol. The Balaban J connectivity index is 1.55. The van der Waals surface area contributed by atoms with Gasteiger partial charge in [-0.25, -0.2) is 10.4 Å². The molecule has 8 heteroatoms. The average molecular weight is 383 g/mol. The van der Waals surface area contributed by atoms with Crippen molar-refractivity contribution in [2.45, 2.75) is 32.6 Å². The van der Waals surface area contributed by atoms with Gasteiger partial charge in [-0.2, -0.15) is 10.1 Å². The first-order valence-electron chi connectivity index (χ1n) is 9.45. The summed E-state index contributed by atoms with van der Waals surface area (Å²) >= 11 is 0. The van der Waals surface area contributed by atoms with E-state index in [1.165, 1.54) is 19.1 Å². The van der Waals surface area contributed by atoms with Crippen molar-refractivity contribution in [3.05, 3.63) is 41.6 Å². The summed E-state index contributed by atoms with van der Waals surface area (Å²) in [6.07, 6.45) is 6.09. The first kappa shape index (κ1) is 19.6. The van der Waals surface area contributed by atoms with Gasteiger partial charge in [-0.1, -0.05) is 25.0 Å². The minimum Gasteiger partial charge on any atom is -0.507 e. The molecule has 1 aromatic heterocycles. The topological polar surface area (TPSA) is 99.9 Å². The molecule has 2 aromatic rings. The molecular formula is C20H25N5O3. The Bertz CT molecular complexity index is 832. The number of para-hydroxylation sites is 1. The maximum atomic E-state index is 11.9. The Kier molecular flexibility index (Phi) is 6.78. The molecule has 0 unspecified atom stereocenters. The molecule has 0 bridgehead atoms. The molecule has 1 fully saturated rings. The summed E-state index contributed by atoms with van der Waals surface area (Å²) in [6.45, 7) is 3.54. The molecule has 0 radical (unpaired) electrons. The van der Waals surface area contributed by atoms with Crippen molar-refractivity contribution in [1.82, 2.24) is 15.4 Å². The average Bonchev–Trinajstić information content (AvgIpc) is 2.97. The molecule has 148 valence electrons. The third kappa shape index (κ3) is 5.67. The number of aromatic hydroxyl groups is 1. The van der Waals surface area contributed by atoms with Crippen LogP contribution in [0, 0.1) is 6.92 Å². The number of phenolic OH excluding ortho intramolecular Hbond substituents is 1. The summed E-state index contributed by atoms with van der Waals surface area (Å²) in [5.41, 5.74) is 3.68. The Labute approximate surface area is 164 Å². The lowest BCUT2D eigenvalue weighted by molar-refractivity contribution is -0.123. The molecule has 0 spiro atoms. The van der Waals surface area contributed by atoms with E-state index in [4.69, 9.17) is 4.74 Å². The monoisotopic (exact) mass is 383 g/mol. The maximum Gasteiger partial charge on any atom is 0.278 e. The predicted octanol–water partition coefficient (Wildman–Crippen LogP) is 2.40. The number of benzene rings is 1. The number of phenols is 1. The fourth-order valence-electron chi connectivity index (χ4n) is 2.95. The van der Waals surface area contributed by atoms with E-state index < -0.39 is 5.91 Å². The van der Waals surface area contributed by atoms with Crippen molar-refractivity contribution in [2.75, 3.05) is 24.6 Å². The van der Waals surface area contributed by atoms with E-state index in [1.807, 2.05) is 6.92 Å². The number of nitrogens with zero attached hydrogens (tertiary/aromatic N) is 4. The second-order valence-electron chi connectivity index (χ2n) is 6.69. The van der Waals surface area contributed by atoms with Crippen molar-refractivity contribution < 1.29 is 14.6 Å². The van der Waals surface area contributed by atoms with Gasteiger partial charge in [0.1, 0.15) is 5.75 Å². The SMILES string of the molecule is Cc1cc(OCC(=O)NN=Cc2ccccc2O)nc(N2CCCCCC2)n1. The number of amides is 1. The molecule has 3 rings (SSSR count). The molecule has 1 aromatic carbocycles. The van der Waals surface area contributed by atoms with Gasteiger partial charge < -0.3 is 14.7 Å². The highest BCUT2D eigenvalue weighted by Crippen LogP contribution is 2.19. The first-order chi connectivity index (χ1) is 13.6. The van der Waals surface area contributed by atoms with Crippen LogP contribution in [0.4, 0.5) is 5.95 Å². The first-order valence-corrected chi connectivity index (χ1v) is 9.45. The largest absolute Gasteiger partial charge is 0.507 e. The fraction of sp³-hybridized carbons (Fsp3) is 0.400. The third-order valence-electron chi connectivity index (χ3n) is 4.39. The van der Waals surface area contributed by atoms with E-state index in [0.717, 1.165) is 31.6 Å². The Hall–Kier alpha value is -3.16. The number of aryl methyl sites for hydroxylation is 1. The van der Waals surface area contributed by atoms with Gasteiger partial charge in [0, 0.05) is 30.4 Å². The highest BCUT2D eigenvalue weighted by atomic mass is 16.5. The standard InChI is InChI=1S/C20H25N5O3/c1-15-12-19(23-20(22-15)25-10-6-2-3-7-11-25)28-14-18(27)24-21-13-16-8-4-5-9-17(16)26/h4-5,8-9,12-13,26H,2-3,6-7,10-11,14H2,1H3,(H,24,27). The van der Waals surface area contributed by atoms with E-state index in [1.54, 1.807) is 30.3 Å². The van der Waals surface area contributed by atoms with Gasteiger partial charge in [-0.05, 0) is 31.9 Å². The molecule has 0 saturated carbocycles. The van der Waals surface area contributed by atoms with E-state index in [9.17, 15) is 9.90 Å². The molecule has 2 heterocycles. The van der Waals surface area contributed by atoms with Crippen LogP contribution >= 0.6 is 0 Å². The van der Waals surface area contributed by atoms with Crippen LogP contribution < -0.4 is 15.1 Å². The molecule has 1 amide bonds. The van der Waals surface area contributed by atoms with Crippen LogP contribution in [0.15, 0.2) is 35.4 Å². The zero-order chi connectivity index (χ0) is 19.8. The summed E-state index contributed by atoms with van der Waals surface area (Å²) < 4.78 is 5.52. The van der Waals surface area contributed by atoms with Crippen LogP contribution in [0.25, 0.3) is 0 Å². The van der Waals surface area contributed by atoms with Crippen molar-refractivity contribution in [3.63, 3.8) is 0 Å². The van der Waals surface area contributed by atoms with Crippen molar-refractivity contribution in [1.29, 1.82) is 0 Å². The minimum atomic E-state index is -0.417. The number of carbonyl (C=O) groups is 1. The normalized spacial score (nSPS) is 14.7. The van der Waals surface area contributed by atoms with Crippen LogP contribution in [0.3, 0.4) is 0 Å². The van der Waals surface area contributed by atoms with E-state index in [2.05, 4.69) is 25.4 Å². The smallest absolute Gasteiger partial charge is 0.278 e. The van der Waals surface area contributed by atoms with Gasteiger partial charge in [0.2, 0.25) is 11.8 Å². The fourth-order valence-corrected chi connectivity index (χ4v) is 2.95. The number of hydrazone groups is 1. The summed E-state index contributed by atoms with van der Waals surface area (Å²) in [6, 6.07) is 8.43. The van der Waals surface area contributed by atoms with E-state index in [0.29, 0.717) is 17.4 Å². The van der Waals surface area contributed by atoms with Crippen LogP contribution in [-0.4, -0.2) is 46.9 Å². The number of anilines is 1. The van der Waals surface area contributed by atoms with Gasteiger partial charge in [-0.3, -0.25) is 4.79 Å². The lowest BCUT2D eigenvalue weighted by Crippen LogP contribution is -2.27.